The normalized spacial score (nSPS) is 14.9. The highest BCUT2D eigenvalue weighted by Crippen LogP contribution is 2.29. The Hall–Kier alpha value is -3.17. The lowest BCUT2D eigenvalue weighted by Crippen LogP contribution is -2.40. The van der Waals surface area contributed by atoms with E-state index in [1.807, 2.05) is 36.4 Å². The molecule has 1 aromatic heterocycles. The number of benzene rings is 1. The number of nitrogens with two attached hydrogens (primary N) is 2. The van der Waals surface area contributed by atoms with Crippen LogP contribution in [0.5, 0.6) is 0 Å². The van der Waals surface area contributed by atoms with Crippen molar-refractivity contribution in [3.05, 3.63) is 51.9 Å². The summed E-state index contributed by atoms with van der Waals surface area (Å²) in [6.07, 6.45) is 8.73. The number of carbonyl (C=O) groups excluding carboxylic acids is 3. The fraction of sp³-hybridized carbons (Fsp3) is 0.423. The van der Waals surface area contributed by atoms with E-state index >= 15 is 0 Å². The summed E-state index contributed by atoms with van der Waals surface area (Å²) in [6, 6.07) is 8.51. The van der Waals surface area contributed by atoms with Crippen LogP contribution in [0.2, 0.25) is 0 Å². The number of urea groups is 1. The Morgan fingerprint density at radius 3 is 2.40 bits per heavy atom. The van der Waals surface area contributed by atoms with Crippen molar-refractivity contribution >= 4 is 46.4 Å². The molecule has 188 valence electrons. The van der Waals surface area contributed by atoms with Crippen molar-refractivity contribution in [1.29, 1.82) is 0 Å². The molecule has 1 aliphatic carbocycles. The summed E-state index contributed by atoms with van der Waals surface area (Å²) in [4.78, 5) is 36.2. The lowest BCUT2D eigenvalue weighted by Gasteiger charge is -2.22. The minimum atomic E-state index is -0.753. The number of nitrogens with one attached hydrogen (secondary N) is 2. The van der Waals surface area contributed by atoms with Crippen molar-refractivity contribution in [3.63, 3.8) is 0 Å². The van der Waals surface area contributed by atoms with E-state index in [1.54, 1.807) is 6.07 Å². The van der Waals surface area contributed by atoms with Crippen LogP contribution >= 0.6 is 11.3 Å². The first-order chi connectivity index (χ1) is 16.7. The van der Waals surface area contributed by atoms with E-state index in [0.29, 0.717) is 17.5 Å². The Balaban J connectivity index is 1.59. The second kappa shape index (κ2) is 12.5. The number of amides is 3. The fourth-order valence-corrected chi connectivity index (χ4v) is 5.00. The van der Waals surface area contributed by atoms with Crippen LogP contribution in [0.3, 0.4) is 0 Å². The number of anilines is 1. The molecule has 1 heterocycles. The van der Waals surface area contributed by atoms with E-state index in [9.17, 15) is 14.4 Å². The molecule has 2 aromatic rings. The highest BCUT2D eigenvalue weighted by atomic mass is 32.1. The molecule has 0 radical (unpaired) electrons. The van der Waals surface area contributed by atoms with Gasteiger partial charge in [0.25, 0.3) is 5.91 Å². The van der Waals surface area contributed by atoms with Crippen molar-refractivity contribution < 1.29 is 19.1 Å². The number of hydrogen-bond donors (Lipinski definition) is 4. The van der Waals surface area contributed by atoms with Crippen molar-refractivity contribution in [2.75, 3.05) is 5.32 Å². The number of thiophene rings is 1. The highest BCUT2D eigenvalue weighted by Gasteiger charge is 2.26. The average Bonchev–Trinajstić information content (AvgIpc) is 3.45. The van der Waals surface area contributed by atoms with Gasteiger partial charge in [0.15, 0.2) is 0 Å². The molecular formula is C26H34N4O4S. The third-order valence-electron chi connectivity index (χ3n) is 5.80. The number of rotatable bonds is 11. The number of ether oxygens (including phenoxy) is 1. The van der Waals surface area contributed by atoms with Crippen LogP contribution in [0, 0.1) is 5.92 Å². The summed E-state index contributed by atoms with van der Waals surface area (Å²) in [6.45, 7) is 4.77. The van der Waals surface area contributed by atoms with E-state index in [0.717, 1.165) is 48.1 Å². The first kappa shape index (κ1) is 26.4. The van der Waals surface area contributed by atoms with Crippen LogP contribution in [-0.2, 0) is 16.1 Å². The van der Waals surface area contributed by atoms with Gasteiger partial charge >= 0.3 is 12.0 Å². The minimum Gasteiger partial charge on any atom is -0.461 e. The van der Waals surface area contributed by atoms with Gasteiger partial charge < -0.3 is 21.5 Å². The summed E-state index contributed by atoms with van der Waals surface area (Å²) in [5.41, 5.74) is 12.8. The molecule has 3 rings (SSSR count). The van der Waals surface area contributed by atoms with Crippen LogP contribution in [0.15, 0.2) is 30.3 Å². The number of primary amides is 2. The quantitative estimate of drug-likeness (QED) is 0.338. The number of esters is 1. The summed E-state index contributed by atoms with van der Waals surface area (Å²) in [7, 11) is 0. The molecule has 1 aliphatic rings. The second-order valence-electron chi connectivity index (χ2n) is 9.23. The molecule has 1 saturated carbocycles. The maximum atomic E-state index is 12.7. The second-order valence-corrected chi connectivity index (χ2v) is 10.3. The third-order valence-corrected chi connectivity index (χ3v) is 6.82. The molecule has 0 aliphatic heterocycles. The first-order valence-corrected chi connectivity index (χ1v) is 12.7. The molecule has 35 heavy (non-hydrogen) atoms. The van der Waals surface area contributed by atoms with E-state index in [-0.39, 0.29) is 23.7 Å². The number of carbonyl (C=O) groups is 3. The highest BCUT2D eigenvalue weighted by molar-refractivity contribution is 7.17. The van der Waals surface area contributed by atoms with Crippen LogP contribution < -0.4 is 22.1 Å². The maximum Gasteiger partial charge on any atom is 0.323 e. The SMILES string of the molecule is CC(C)C[C@H](NCc1ccc(C=Cc2cc(C(N)=O)c(NC(N)=O)s2)cc1)C(=O)OC1CCCC1. The Labute approximate surface area is 210 Å². The third kappa shape index (κ3) is 8.22. The standard InChI is InChI=1S/C26H34N4O4S/c1-16(2)13-22(25(32)34-19-5-3-4-6-19)29-15-18-9-7-17(8-10-18)11-12-20-14-21(23(27)31)24(35-20)30-26(28)33/h7-12,14,16,19,22,29H,3-6,13,15H2,1-2H3,(H2,27,31)(H3,28,30,33)/t22-/m0/s1. The molecule has 8 nitrogen and oxygen atoms in total. The van der Waals surface area contributed by atoms with Gasteiger partial charge in [-0.1, -0.05) is 44.2 Å². The van der Waals surface area contributed by atoms with Gasteiger partial charge in [-0.3, -0.25) is 14.9 Å². The zero-order chi connectivity index (χ0) is 25.4. The molecule has 3 amide bonds. The van der Waals surface area contributed by atoms with Gasteiger partial charge in [-0.2, -0.15) is 0 Å². The van der Waals surface area contributed by atoms with Gasteiger partial charge in [0.2, 0.25) is 0 Å². The van der Waals surface area contributed by atoms with Crippen LogP contribution in [0.1, 0.15) is 72.3 Å². The first-order valence-electron chi connectivity index (χ1n) is 11.9. The Kier molecular flexibility index (Phi) is 9.45. The van der Waals surface area contributed by atoms with Crippen molar-refractivity contribution in [2.45, 2.75) is 64.6 Å². The predicted molar refractivity (Wildman–Crippen MR) is 140 cm³/mol. The zero-order valence-electron chi connectivity index (χ0n) is 20.2. The van der Waals surface area contributed by atoms with Crippen molar-refractivity contribution in [1.82, 2.24) is 5.32 Å². The smallest absolute Gasteiger partial charge is 0.323 e. The Bertz CT molecular complexity index is 1060. The van der Waals surface area contributed by atoms with Gasteiger partial charge in [-0.15, -0.1) is 11.3 Å². The van der Waals surface area contributed by atoms with Gasteiger partial charge in [0.05, 0.1) is 5.56 Å². The number of hydrogen-bond acceptors (Lipinski definition) is 6. The predicted octanol–water partition coefficient (Wildman–Crippen LogP) is 4.50. The summed E-state index contributed by atoms with van der Waals surface area (Å²) >= 11 is 1.22. The van der Waals surface area contributed by atoms with Crippen molar-refractivity contribution in [2.24, 2.45) is 17.4 Å². The zero-order valence-corrected chi connectivity index (χ0v) is 21.0. The van der Waals surface area contributed by atoms with Crippen LogP contribution in [-0.4, -0.2) is 30.1 Å². The van der Waals surface area contributed by atoms with E-state index in [2.05, 4.69) is 24.5 Å². The molecule has 0 bridgehead atoms. The largest absolute Gasteiger partial charge is 0.461 e. The van der Waals surface area contributed by atoms with Gasteiger partial charge in [-0.05, 0) is 61.3 Å². The Morgan fingerprint density at radius 2 is 1.80 bits per heavy atom. The van der Waals surface area contributed by atoms with Gasteiger partial charge in [0.1, 0.15) is 17.1 Å². The van der Waals surface area contributed by atoms with Crippen LogP contribution in [0.4, 0.5) is 9.80 Å². The van der Waals surface area contributed by atoms with E-state index in [1.165, 1.54) is 11.3 Å². The molecule has 1 fully saturated rings. The van der Waals surface area contributed by atoms with Gasteiger partial charge in [-0.25, -0.2) is 4.79 Å². The molecule has 1 aromatic carbocycles. The van der Waals surface area contributed by atoms with Gasteiger partial charge in [0, 0.05) is 11.4 Å². The van der Waals surface area contributed by atoms with Crippen molar-refractivity contribution in [3.8, 4) is 0 Å². The summed E-state index contributed by atoms with van der Waals surface area (Å²) < 4.78 is 5.73. The molecule has 9 heteroatoms. The lowest BCUT2D eigenvalue weighted by molar-refractivity contribution is -0.151. The van der Waals surface area contributed by atoms with Crippen LogP contribution in [0.25, 0.3) is 12.2 Å². The van der Waals surface area contributed by atoms with E-state index < -0.39 is 11.9 Å². The molecule has 1 atom stereocenters. The minimum absolute atomic E-state index is 0.0649. The molecule has 0 unspecified atom stereocenters. The molecule has 0 saturated heterocycles. The molecule has 0 spiro atoms. The Morgan fingerprint density at radius 1 is 1.11 bits per heavy atom. The fourth-order valence-electron chi connectivity index (χ4n) is 4.03. The molecule has 6 N–H and O–H groups in total. The summed E-state index contributed by atoms with van der Waals surface area (Å²) in [5, 5.41) is 6.13. The lowest BCUT2D eigenvalue weighted by atomic mass is 10.0. The molecular weight excluding hydrogens is 464 g/mol. The monoisotopic (exact) mass is 498 g/mol. The topological polar surface area (TPSA) is 137 Å². The average molecular weight is 499 g/mol. The maximum absolute atomic E-state index is 12.7. The summed E-state index contributed by atoms with van der Waals surface area (Å²) in [5.74, 6) is -0.409. The van der Waals surface area contributed by atoms with E-state index in [4.69, 9.17) is 16.2 Å².